The summed E-state index contributed by atoms with van der Waals surface area (Å²) in [7, 11) is 3.26. The number of guanidine groups is 1. The molecule has 0 aliphatic rings. The summed E-state index contributed by atoms with van der Waals surface area (Å²) in [5.41, 5.74) is 8.23. The van der Waals surface area contributed by atoms with Gasteiger partial charge >= 0.3 is 0 Å². The third kappa shape index (κ3) is 6.19. The van der Waals surface area contributed by atoms with Gasteiger partial charge in [-0.25, -0.2) is 0 Å². The van der Waals surface area contributed by atoms with E-state index in [4.69, 9.17) is 26.8 Å². The first-order chi connectivity index (χ1) is 12.1. The third-order valence-corrected chi connectivity index (χ3v) is 4.02. The summed E-state index contributed by atoms with van der Waals surface area (Å²) in [6.07, 6.45) is 1.64. The quantitative estimate of drug-likeness (QED) is 0.560. The van der Waals surface area contributed by atoms with Crippen LogP contribution in [0.3, 0.4) is 0 Å². The summed E-state index contributed by atoms with van der Waals surface area (Å²) in [6, 6.07) is 13.6. The number of nitrogens with one attached hydrogen (secondary N) is 1. The van der Waals surface area contributed by atoms with Crippen LogP contribution >= 0.6 is 11.6 Å². The Morgan fingerprint density at radius 1 is 1.00 bits per heavy atom. The topological polar surface area (TPSA) is 68.9 Å². The Morgan fingerprint density at radius 2 is 1.68 bits per heavy atom. The highest BCUT2D eigenvalue weighted by Gasteiger charge is 2.04. The Hall–Kier alpha value is -2.40. The molecule has 2 rings (SSSR count). The first-order valence-electron chi connectivity index (χ1n) is 8.11. The van der Waals surface area contributed by atoms with Crippen molar-refractivity contribution in [3.05, 3.63) is 58.6 Å². The first-order valence-corrected chi connectivity index (χ1v) is 8.49. The molecule has 0 aliphatic carbocycles. The number of rotatable bonds is 8. The minimum absolute atomic E-state index is 0.453. The van der Waals surface area contributed by atoms with Crippen LogP contribution in [-0.2, 0) is 12.8 Å². The van der Waals surface area contributed by atoms with Gasteiger partial charge in [-0.3, -0.25) is 4.99 Å². The van der Waals surface area contributed by atoms with Crippen molar-refractivity contribution in [3.8, 4) is 11.5 Å². The zero-order chi connectivity index (χ0) is 18.1. The highest BCUT2D eigenvalue weighted by Crippen LogP contribution is 2.27. The molecule has 2 aromatic carbocycles. The number of hydrogen-bond donors (Lipinski definition) is 2. The molecule has 25 heavy (non-hydrogen) atoms. The monoisotopic (exact) mass is 361 g/mol. The van der Waals surface area contributed by atoms with Crippen LogP contribution in [0.2, 0.25) is 5.02 Å². The van der Waals surface area contributed by atoms with Gasteiger partial charge in [-0.1, -0.05) is 29.8 Å². The van der Waals surface area contributed by atoms with Gasteiger partial charge < -0.3 is 20.5 Å². The second-order valence-corrected chi connectivity index (χ2v) is 5.95. The Bertz CT molecular complexity index is 702. The average molecular weight is 362 g/mol. The van der Waals surface area contributed by atoms with E-state index in [-0.39, 0.29) is 0 Å². The molecule has 0 bridgehead atoms. The van der Waals surface area contributed by atoms with E-state index in [1.165, 1.54) is 5.56 Å². The number of methoxy groups -OCH3 is 2. The lowest BCUT2D eigenvalue weighted by Crippen LogP contribution is -2.33. The van der Waals surface area contributed by atoms with Gasteiger partial charge in [0.15, 0.2) is 17.5 Å². The molecule has 6 heteroatoms. The van der Waals surface area contributed by atoms with Crippen molar-refractivity contribution < 1.29 is 9.47 Å². The van der Waals surface area contributed by atoms with E-state index < -0.39 is 0 Å². The summed E-state index contributed by atoms with van der Waals surface area (Å²) in [4.78, 5) is 4.34. The second kappa shape index (κ2) is 9.79. The molecule has 5 nitrogen and oxygen atoms in total. The maximum Gasteiger partial charge on any atom is 0.188 e. The zero-order valence-electron chi connectivity index (χ0n) is 14.6. The number of halogens is 1. The van der Waals surface area contributed by atoms with Gasteiger partial charge in [-0.2, -0.15) is 0 Å². The molecule has 0 aliphatic heterocycles. The summed E-state index contributed by atoms with van der Waals surface area (Å²) in [5.74, 6) is 1.90. The molecular formula is C19H24ClN3O2. The maximum atomic E-state index is 5.90. The van der Waals surface area contributed by atoms with Gasteiger partial charge in [-0.15, -0.1) is 0 Å². The smallest absolute Gasteiger partial charge is 0.188 e. The lowest BCUT2D eigenvalue weighted by atomic mass is 10.1. The van der Waals surface area contributed by atoms with Crippen LogP contribution < -0.4 is 20.5 Å². The number of aliphatic imine (C=N–C) groups is 1. The van der Waals surface area contributed by atoms with E-state index in [9.17, 15) is 0 Å². The zero-order valence-corrected chi connectivity index (χ0v) is 15.3. The van der Waals surface area contributed by atoms with E-state index in [1.54, 1.807) is 14.2 Å². The van der Waals surface area contributed by atoms with Crippen molar-refractivity contribution in [2.45, 2.75) is 12.8 Å². The molecule has 0 heterocycles. The van der Waals surface area contributed by atoms with Crippen LogP contribution in [0.5, 0.6) is 11.5 Å². The lowest BCUT2D eigenvalue weighted by Gasteiger charge is -2.10. The molecule has 3 N–H and O–H groups in total. The number of nitrogens with two attached hydrogens (primary N) is 1. The highest BCUT2D eigenvalue weighted by molar-refractivity contribution is 6.30. The standard InChI is InChI=1S/C19H24ClN3O2/c1-24-17-8-5-15(13-18(17)25-2)10-12-23-19(21)22-11-9-14-3-6-16(20)7-4-14/h3-8,13H,9-12H2,1-2H3,(H3,21,22,23). The van der Waals surface area contributed by atoms with Gasteiger partial charge in [-0.05, 0) is 48.2 Å². The average Bonchev–Trinajstić information content (AvgIpc) is 2.63. The largest absolute Gasteiger partial charge is 0.493 e. The third-order valence-electron chi connectivity index (χ3n) is 3.76. The van der Waals surface area contributed by atoms with Gasteiger partial charge in [0, 0.05) is 18.1 Å². The van der Waals surface area contributed by atoms with Gasteiger partial charge in [0.25, 0.3) is 0 Å². The van der Waals surface area contributed by atoms with Crippen LogP contribution in [0.1, 0.15) is 11.1 Å². The van der Waals surface area contributed by atoms with E-state index in [0.29, 0.717) is 19.0 Å². The summed E-state index contributed by atoms with van der Waals surface area (Å²) in [6.45, 7) is 1.34. The minimum Gasteiger partial charge on any atom is -0.493 e. The molecule has 0 saturated carbocycles. The Labute approximate surface area is 153 Å². The minimum atomic E-state index is 0.453. The van der Waals surface area contributed by atoms with Crippen LogP contribution in [0.15, 0.2) is 47.5 Å². The fourth-order valence-corrected chi connectivity index (χ4v) is 2.51. The van der Waals surface area contributed by atoms with Crippen LogP contribution in [0.4, 0.5) is 0 Å². The number of hydrogen-bond acceptors (Lipinski definition) is 3. The van der Waals surface area contributed by atoms with Gasteiger partial charge in [0.1, 0.15) is 0 Å². The van der Waals surface area contributed by atoms with Crippen LogP contribution in [0, 0.1) is 0 Å². The normalized spacial score (nSPS) is 11.2. The number of nitrogens with zero attached hydrogens (tertiary/aromatic N) is 1. The molecule has 0 unspecified atom stereocenters. The molecule has 0 amide bonds. The summed E-state index contributed by atoms with van der Waals surface area (Å²) >= 11 is 5.87. The van der Waals surface area contributed by atoms with E-state index >= 15 is 0 Å². The summed E-state index contributed by atoms with van der Waals surface area (Å²) < 4.78 is 10.5. The molecule has 0 spiro atoms. The van der Waals surface area contributed by atoms with Gasteiger partial charge in [0.2, 0.25) is 0 Å². The predicted molar refractivity (Wildman–Crippen MR) is 103 cm³/mol. The number of ether oxygens (including phenoxy) is 2. The van der Waals surface area contributed by atoms with E-state index in [0.717, 1.165) is 34.9 Å². The SMILES string of the molecule is COc1ccc(CCNC(N)=NCCc2ccc(Cl)cc2)cc1OC. The predicted octanol–water partition coefficient (Wildman–Crippen LogP) is 3.05. The fraction of sp³-hybridized carbons (Fsp3) is 0.316. The number of benzene rings is 2. The molecule has 0 radical (unpaired) electrons. The van der Waals surface area contributed by atoms with Crippen LogP contribution in [-0.4, -0.2) is 33.3 Å². The van der Waals surface area contributed by atoms with Crippen molar-refractivity contribution in [3.63, 3.8) is 0 Å². The highest BCUT2D eigenvalue weighted by atomic mass is 35.5. The lowest BCUT2D eigenvalue weighted by molar-refractivity contribution is 0.354. The summed E-state index contributed by atoms with van der Waals surface area (Å²) in [5, 5.41) is 3.87. The molecule has 134 valence electrons. The molecule has 2 aromatic rings. The fourth-order valence-electron chi connectivity index (χ4n) is 2.38. The van der Waals surface area contributed by atoms with Crippen molar-refractivity contribution >= 4 is 17.6 Å². The van der Waals surface area contributed by atoms with E-state index in [1.807, 2.05) is 42.5 Å². The maximum absolute atomic E-state index is 5.90. The van der Waals surface area contributed by atoms with E-state index in [2.05, 4.69) is 10.3 Å². The molecular weight excluding hydrogens is 338 g/mol. The Balaban J connectivity index is 1.75. The molecule has 0 atom stereocenters. The molecule has 0 fully saturated rings. The van der Waals surface area contributed by atoms with Crippen molar-refractivity contribution in [2.24, 2.45) is 10.7 Å². The second-order valence-electron chi connectivity index (χ2n) is 5.51. The van der Waals surface area contributed by atoms with Crippen molar-refractivity contribution in [1.82, 2.24) is 5.32 Å². The Morgan fingerprint density at radius 3 is 2.36 bits per heavy atom. The molecule has 0 aromatic heterocycles. The first kappa shape index (κ1) is 18.9. The molecule has 0 saturated heterocycles. The van der Waals surface area contributed by atoms with Crippen LogP contribution in [0.25, 0.3) is 0 Å². The van der Waals surface area contributed by atoms with Crippen molar-refractivity contribution in [1.29, 1.82) is 0 Å². The Kier molecular flexibility index (Phi) is 7.41. The van der Waals surface area contributed by atoms with Gasteiger partial charge in [0.05, 0.1) is 14.2 Å². The van der Waals surface area contributed by atoms with Crippen molar-refractivity contribution in [2.75, 3.05) is 27.3 Å².